The number of aliphatic hydroxyl groups is 1. The first-order chi connectivity index (χ1) is 13.5. The van der Waals surface area contributed by atoms with Crippen LogP contribution in [0.5, 0.6) is 23.0 Å². The molecule has 1 unspecified atom stereocenters. The number of aliphatic hydroxyl groups excluding tert-OH is 1. The molecule has 0 radical (unpaired) electrons. The second-order valence-electron chi connectivity index (χ2n) is 6.28. The molecule has 0 saturated carbocycles. The first-order valence-corrected chi connectivity index (χ1v) is 8.77. The van der Waals surface area contributed by atoms with Crippen molar-refractivity contribution in [3.63, 3.8) is 0 Å². The number of benzene rings is 3. The Hall–Kier alpha value is -3.06. The molecule has 3 rings (SSSR count). The fourth-order valence-corrected chi connectivity index (χ4v) is 2.60. The van der Waals surface area contributed by atoms with E-state index in [0.29, 0.717) is 17.2 Å². The summed E-state index contributed by atoms with van der Waals surface area (Å²) in [6.45, 7) is 0. The molecule has 0 saturated heterocycles. The Morgan fingerprint density at radius 2 is 1.21 bits per heavy atom. The number of halogens is 1. The summed E-state index contributed by atoms with van der Waals surface area (Å²) in [5.74, 6) is 1.43. The second kappa shape index (κ2) is 10.5. The van der Waals surface area contributed by atoms with Crippen molar-refractivity contribution >= 4 is 18.4 Å². The fraction of sp³-hybridized carbons (Fsp3) is 0.136. The minimum atomic E-state index is -1.59. The highest BCUT2D eigenvalue weighted by Gasteiger charge is 2.22. The standard InChI is InChI=1S/C22H21NO5.ClH/c23-20(21(24)22(25)26)14-15-6-8-17(9-7-15)28-19-12-10-18(11-13-19)27-16-4-2-1-3-5-16;/h1-13,20-21,24H,14,23H2,(H,25,26);1H/t20-,21?;/m0./s1. The average molecular weight is 416 g/mol. The van der Waals surface area contributed by atoms with Crippen molar-refractivity contribution in [2.75, 3.05) is 0 Å². The van der Waals surface area contributed by atoms with Crippen molar-refractivity contribution in [1.29, 1.82) is 0 Å². The molecule has 7 heteroatoms. The topological polar surface area (TPSA) is 102 Å². The molecule has 4 N–H and O–H groups in total. The molecule has 2 atom stereocenters. The molecule has 0 aliphatic carbocycles. The molecule has 6 nitrogen and oxygen atoms in total. The van der Waals surface area contributed by atoms with Gasteiger partial charge in [-0.15, -0.1) is 12.4 Å². The molecule has 3 aromatic carbocycles. The Balaban J connectivity index is 0.00000300. The maximum atomic E-state index is 10.8. The quantitative estimate of drug-likeness (QED) is 0.513. The van der Waals surface area contributed by atoms with E-state index in [-0.39, 0.29) is 18.8 Å². The number of ether oxygens (including phenoxy) is 2. The van der Waals surface area contributed by atoms with Crippen LogP contribution in [-0.4, -0.2) is 28.3 Å². The zero-order valence-electron chi connectivity index (χ0n) is 15.5. The van der Waals surface area contributed by atoms with Crippen LogP contribution in [0.25, 0.3) is 0 Å². The summed E-state index contributed by atoms with van der Waals surface area (Å²) in [6, 6.07) is 23.0. The first-order valence-electron chi connectivity index (χ1n) is 8.77. The highest BCUT2D eigenvalue weighted by Crippen LogP contribution is 2.27. The maximum absolute atomic E-state index is 10.8. The lowest BCUT2D eigenvalue weighted by Gasteiger charge is -2.15. The Bertz CT molecular complexity index is 901. The van der Waals surface area contributed by atoms with Gasteiger partial charge in [-0.1, -0.05) is 30.3 Å². The van der Waals surface area contributed by atoms with Crippen molar-refractivity contribution in [2.24, 2.45) is 5.73 Å². The van der Waals surface area contributed by atoms with Gasteiger partial charge >= 0.3 is 5.97 Å². The van der Waals surface area contributed by atoms with Crippen LogP contribution in [0.1, 0.15) is 5.56 Å². The van der Waals surface area contributed by atoms with Gasteiger partial charge in [-0.3, -0.25) is 0 Å². The van der Waals surface area contributed by atoms with Crippen LogP contribution in [0.4, 0.5) is 0 Å². The SMILES string of the molecule is Cl.N[C@@H](Cc1ccc(Oc2ccc(Oc3ccccc3)cc2)cc1)C(O)C(=O)O. The van der Waals surface area contributed by atoms with Gasteiger partial charge in [0.2, 0.25) is 0 Å². The predicted molar refractivity (Wildman–Crippen MR) is 112 cm³/mol. The summed E-state index contributed by atoms with van der Waals surface area (Å²) in [5.41, 5.74) is 6.52. The Morgan fingerprint density at radius 3 is 1.66 bits per heavy atom. The number of para-hydroxylation sites is 1. The number of rotatable bonds is 8. The lowest BCUT2D eigenvalue weighted by molar-refractivity contribution is -0.147. The number of carboxylic acids is 1. The fourth-order valence-electron chi connectivity index (χ4n) is 2.60. The van der Waals surface area contributed by atoms with Gasteiger partial charge in [-0.05, 0) is 60.5 Å². The maximum Gasteiger partial charge on any atom is 0.334 e. The summed E-state index contributed by atoms with van der Waals surface area (Å²) in [6.07, 6.45) is -1.34. The number of carboxylic acid groups (broad SMARTS) is 1. The van der Waals surface area contributed by atoms with E-state index in [1.54, 1.807) is 24.3 Å². The highest BCUT2D eigenvalue weighted by molar-refractivity contribution is 5.85. The Morgan fingerprint density at radius 1 is 0.793 bits per heavy atom. The van der Waals surface area contributed by atoms with E-state index in [9.17, 15) is 9.90 Å². The summed E-state index contributed by atoms with van der Waals surface area (Å²) < 4.78 is 11.5. The molecular formula is C22H22ClNO5. The third-order valence-electron chi connectivity index (χ3n) is 4.09. The van der Waals surface area contributed by atoms with Gasteiger partial charge in [0.25, 0.3) is 0 Å². The van der Waals surface area contributed by atoms with E-state index in [2.05, 4.69) is 0 Å². The van der Waals surface area contributed by atoms with Crippen molar-refractivity contribution in [1.82, 2.24) is 0 Å². The zero-order chi connectivity index (χ0) is 19.9. The van der Waals surface area contributed by atoms with E-state index in [1.165, 1.54) is 0 Å². The van der Waals surface area contributed by atoms with Crippen LogP contribution >= 0.6 is 12.4 Å². The monoisotopic (exact) mass is 415 g/mol. The molecule has 0 amide bonds. The summed E-state index contributed by atoms with van der Waals surface area (Å²) in [7, 11) is 0. The van der Waals surface area contributed by atoms with Crippen LogP contribution < -0.4 is 15.2 Å². The molecular weight excluding hydrogens is 394 g/mol. The van der Waals surface area contributed by atoms with E-state index in [0.717, 1.165) is 11.3 Å². The number of carbonyl (C=O) groups is 1. The molecule has 152 valence electrons. The average Bonchev–Trinajstić information content (AvgIpc) is 2.71. The van der Waals surface area contributed by atoms with Gasteiger partial charge in [0.05, 0.1) is 0 Å². The van der Waals surface area contributed by atoms with Gasteiger partial charge in [-0.25, -0.2) is 4.79 Å². The van der Waals surface area contributed by atoms with Crippen LogP contribution in [0.2, 0.25) is 0 Å². The van der Waals surface area contributed by atoms with Gasteiger partial charge in [-0.2, -0.15) is 0 Å². The third kappa shape index (κ3) is 6.50. The van der Waals surface area contributed by atoms with Gasteiger partial charge in [0.1, 0.15) is 23.0 Å². The number of aliphatic carboxylic acids is 1. The number of hydrogen-bond donors (Lipinski definition) is 3. The Kier molecular flexibility index (Phi) is 8.03. The molecule has 0 aliphatic heterocycles. The van der Waals surface area contributed by atoms with E-state index < -0.39 is 18.1 Å². The number of hydrogen-bond acceptors (Lipinski definition) is 5. The molecule has 29 heavy (non-hydrogen) atoms. The smallest absolute Gasteiger partial charge is 0.334 e. The van der Waals surface area contributed by atoms with Crippen molar-refractivity contribution in [3.05, 3.63) is 84.4 Å². The van der Waals surface area contributed by atoms with Crippen molar-refractivity contribution < 1.29 is 24.5 Å². The van der Waals surface area contributed by atoms with E-state index in [4.69, 9.17) is 20.3 Å². The lowest BCUT2D eigenvalue weighted by atomic mass is 10.0. The van der Waals surface area contributed by atoms with Crippen LogP contribution in [0, 0.1) is 0 Å². The second-order valence-corrected chi connectivity index (χ2v) is 6.28. The minimum Gasteiger partial charge on any atom is -0.479 e. The normalized spacial score (nSPS) is 12.3. The van der Waals surface area contributed by atoms with Gasteiger partial charge < -0.3 is 25.4 Å². The molecule has 0 heterocycles. The predicted octanol–water partition coefficient (Wildman–Crippen LogP) is 4.01. The summed E-state index contributed by atoms with van der Waals surface area (Å²) >= 11 is 0. The van der Waals surface area contributed by atoms with E-state index in [1.807, 2.05) is 54.6 Å². The molecule has 0 fully saturated rings. The third-order valence-corrected chi connectivity index (χ3v) is 4.09. The minimum absolute atomic E-state index is 0. The number of nitrogens with two attached hydrogens (primary N) is 1. The zero-order valence-corrected chi connectivity index (χ0v) is 16.3. The first kappa shape index (κ1) is 22.2. The lowest BCUT2D eigenvalue weighted by Crippen LogP contribution is -2.41. The van der Waals surface area contributed by atoms with Gasteiger partial charge in [0.15, 0.2) is 6.10 Å². The van der Waals surface area contributed by atoms with Gasteiger partial charge in [0, 0.05) is 6.04 Å². The molecule has 0 spiro atoms. The van der Waals surface area contributed by atoms with Crippen molar-refractivity contribution in [2.45, 2.75) is 18.6 Å². The summed E-state index contributed by atoms with van der Waals surface area (Å²) in [4.78, 5) is 10.8. The van der Waals surface area contributed by atoms with Crippen LogP contribution in [-0.2, 0) is 11.2 Å². The molecule has 0 aromatic heterocycles. The van der Waals surface area contributed by atoms with Crippen LogP contribution in [0.3, 0.4) is 0 Å². The molecule has 0 aliphatic rings. The van der Waals surface area contributed by atoms with E-state index >= 15 is 0 Å². The van der Waals surface area contributed by atoms with Crippen molar-refractivity contribution in [3.8, 4) is 23.0 Å². The summed E-state index contributed by atoms with van der Waals surface area (Å²) in [5, 5.41) is 18.2. The Labute approximate surface area is 174 Å². The highest BCUT2D eigenvalue weighted by atomic mass is 35.5. The molecule has 0 bridgehead atoms. The van der Waals surface area contributed by atoms with Crippen LogP contribution in [0.15, 0.2) is 78.9 Å². The largest absolute Gasteiger partial charge is 0.479 e. The molecule has 3 aromatic rings.